The molecule has 2 aromatic carbocycles. The van der Waals surface area contributed by atoms with Gasteiger partial charge in [0.2, 0.25) is 0 Å². The van der Waals surface area contributed by atoms with Crippen molar-refractivity contribution in [2.45, 2.75) is 19.5 Å². The molecule has 1 aliphatic rings. The highest BCUT2D eigenvalue weighted by Crippen LogP contribution is 2.41. The monoisotopic (exact) mass is 413 g/mol. The Morgan fingerprint density at radius 1 is 0.880 bits per heavy atom. The molecule has 0 amide bonds. The summed E-state index contributed by atoms with van der Waals surface area (Å²) in [5.74, 6) is 0. The Morgan fingerprint density at radius 2 is 1.44 bits per heavy atom. The second kappa shape index (κ2) is 6.93. The summed E-state index contributed by atoms with van der Waals surface area (Å²) >= 11 is 1.57. The predicted octanol–water partition coefficient (Wildman–Crippen LogP) is 2.14. The Balaban J connectivity index is 0.00000182. The SMILES string of the molecule is Cc1nc([N+]2=NC(c3ccccc3)(c3ccccc3)N=N2)sc1C.[Br-]. The molecule has 126 valence electrons. The first-order valence-corrected chi connectivity index (χ1v) is 8.51. The molecule has 0 fully saturated rings. The number of thiazole rings is 1. The lowest BCUT2D eigenvalue weighted by atomic mass is 9.93. The van der Waals surface area contributed by atoms with Crippen molar-refractivity contribution < 1.29 is 21.8 Å². The third-order valence-corrected chi connectivity index (χ3v) is 5.09. The number of nitrogens with zero attached hydrogens (tertiary/aromatic N) is 5. The summed E-state index contributed by atoms with van der Waals surface area (Å²) in [5.41, 5.74) is 2.09. The van der Waals surface area contributed by atoms with Crippen molar-refractivity contribution in [2.24, 2.45) is 15.5 Å². The second-order valence-corrected chi connectivity index (χ2v) is 6.80. The minimum absolute atomic E-state index is 0. The van der Waals surface area contributed by atoms with E-state index in [9.17, 15) is 0 Å². The minimum Gasteiger partial charge on any atom is -1.00 e. The Labute approximate surface area is 160 Å². The summed E-state index contributed by atoms with van der Waals surface area (Å²) in [5, 5.41) is 14.4. The molecule has 0 spiro atoms. The van der Waals surface area contributed by atoms with Crippen LogP contribution in [0, 0.1) is 13.8 Å². The van der Waals surface area contributed by atoms with Crippen LogP contribution in [0.25, 0.3) is 0 Å². The molecule has 2 heterocycles. The Hall–Kier alpha value is -2.25. The van der Waals surface area contributed by atoms with E-state index < -0.39 is 5.66 Å². The van der Waals surface area contributed by atoms with Gasteiger partial charge in [-0.05, 0) is 13.8 Å². The number of hydrogen-bond acceptors (Lipinski definition) is 5. The van der Waals surface area contributed by atoms with Crippen LogP contribution in [0.5, 0.6) is 0 Å². The van der Waals surface area contributed by atoms with Crippen LogP contribution in [0.4, 0.5) is 5.13 Å². The maximum absolute atomic E-state index is 4.83. The average molecular weight is 414 g/mol. The molecule has 1 aliphatic heterocycles. The van der Waals surface area contributed by atoms with Gasteiger partial charge in [-0.2, -0.15) is 0 Å². The van der Waals surface area contributed by atoms with Crippen molar-refractivity contribution in [3.63, 3.8) is 0 Å². The van der Waals surface area contributed by atoms with Gasteiger partial charge in [-0.15, -0.1) is 0 Å². The summed E-state index contributed by atoms with van der Waals surface area (Å²) in [4.78, 5) is 7.25. The van der Waals surface area contributed by atoms with Gasteiger partial charge in [0.1, 0.15) is 5.69 Å². The van der Waals surface area contributed by atoms with E-state index in [1.807, 2.05) is 74.5 Å². The van der Waals surface area contributed by atoms with E-state index in [1.165, 1.54) is 0 Å². The predicted molar refractivity (Wildman–Crippen MR) is 92.5 cm³/mol. The molecule has 0 N–H and O–H groups in total. The van der Waals surface area contributed by atoms with Gasteiger partial charge in [0.15, 0.2) is 0 Å². The first-order valence-electron chi connectivity index (χ1n) is 7.70. The number of rotatable bonds is 3. The highest BCUT2D eigenvalue weighted by molar-refractivity contribution is 7.14. The molecule has 1 aromatic heterocycles. The minimum atomic E-state index is -0.865. The molecule has 3 aromatic rings. The molecule has 0 radical (unpaired) electrons. The molecule has 25 heavy (non-hydrogen) atoms. The molecule has 0 atom stereocenters. The Bertz CT molecular complexity index is 876. The summed E-state index contributed by atoms with van der Waals surface area (Å²) in [6.45, 7) is 4.04. The molecule has 4 rings (SSSR count). The van der Waals surface area contributed by atoms with Crippen molar-refractivity contribution in [3.05, 3.63) is 82.4 Å². The molecular weight excluding hydrogens is 398 g/mol. The van der Waals surface area contributed by atoms with E-state index in [2.05, 4.69) is 15.3 Å². The molecule has 5 nitrogen and oxygen atoms in total. The smallest absolute Gasteiger partial charge is 0.366 e. The quantitative estimate of drug-likeness (QED) is 0.606. The number of azo groups is 1. The van der Waals surface area contributed by atoms with Crippen LogP contribution in [0.2, 0.25) is 0 Å². The fraction of sp³-hybridized carbons (Fsp3) is 0.167. The maximum Gasteiger partial charge on any atom is 0.366 e. The van der Waals surface area contributed by atoms with Crippen molar-refractivity contribution >= 4 is 16.5 Å². The number of benzene rings is 2. The van der Waals surface area contributed by atoms with Crippen molar-refractivity contribution in [1.82, 2.24) is 4.98 Å². The first-order chi connectivity index (χ1) is 11.7. The van der Waals surface area contributed by atoms with Crippen LogP contribution in [-0.4, -0.2) is 9.79 Å². The molecule has 0 saturated carbocycles. The van der Waals surface area contributed by atoms with Gasteiger partial charge in [0, 0.05) is 25.9 Å². The lowest BCUT2D eigenvalue weighted by Crippen LogP contribution is -3.00. The van der Waals surface area contributed by atoms with Gasteiger partial charge < -0.3 is 17.0 Å². The zero-order valence-corrected chi connectivity index (χ0v) is 16.2. The average Bonchev–Trinajstić information content (AvgIpc) is 3.22. The van der Waals surface area contributed by atoms with Crippen molar-refractivity contribution in [3.8, 4) is 0 Å². The fourth-order valence-electron chi connectivity index (χ4n) is 2.65. The van der Waals surface area contributed by atoms with Crippen molar-refractivity contribution in [1.29, 1.82) is 0 Å². The van der Waals surface area contributed by atoms with E-state index in [4.69, 9.17) is 5.11 Å². The van der Waals surface area contributed by atoms with E-state index in [1.54, 1.807) is 16.1 Å². The van der Waals surface area contributed by atoms with Gasteiger partial charge in [-0.3, -0.25) is 0 Å². The van der Waals surface area contributed by atoms with E-state index in [0.717, 1.165) is 26.8 Å². The normalized spacial score (nSPS) is 14.9. The van der Waals surface area contributed by atoms with Gasteiger partial charge in [0.05, 0.1) is 5.22 Å². The molecular formula is C18H16BrN5S. The summed E-state index contributed by atoms with van der Waals surface area (Å²) in [6.07, 6.45) is 0. The molecule has 0 unspecified atom stereocenters. The third-order valence-electron chi connectivity index (χ3n) is 4.05. The van der Waals surface area contributed by atoms with Gasteiger partial charge in [-0.25, -0.2) is 0 Å². The first kappa shape index (κ1) is 17.6. The van der Waals surface area contributed by atoms with Gasteiger partial charge >= 0.3 is 10.8 Å². The summed E-state index contributed by atoms with van der Waals surface area (Å²) in [7, 11) is 0. The Kier molecular flexibility index (Phi) is 4.87. The van der Waals surface area contributed by atoms with E-state index in [0.29, 0.717) is 0 Å². The van der Waals surface area contributed by atoms with Crippen LogP contribution in [0.1, 0.15) is 21.7 Å². The highest BCUT2D eigenvalue weighted by Gasteiger charge is 2.45. The Morgan fingerprint density at radius 3 is 1.92 bits per heavy atom. The van der Waals surface area contributed by atoms with E-state index in [-0.39, 0.29) is 17.0 Å². The molecule has 7 heteroatoms. The zero-order chi connectivity index (χ0) is 16.6. The molecule has 0 saturated heterocycles. The number of hydrogen-bond donors (Lipinski definition) is 0. The van der Waals surface area contributed by atoms with Crippen molar-refractivity contribution in [2.75, 3.05) is 0 Å². The lowest BCUT2D eigenvalue weighted by molar-refractivity contribution is -0.518. The van der Waals surface area contributed by atoms with Crippen LogP contribution >= 0.6 is 11.3 Å². The highest BCUT2D eigenvalue weighted by atomic mass is 79.9. The van der Waals surface area contributed by atoms with Crippen LogP contribution in [0.15, 0.2) is 76.1 Å². The summed E-state index contributed by atoms with van der Waals surface area (Å²) in [6, 6.07) is 20.0. The van der Waals surface area contributed by atoms with E-state index >= 15 is 0 Å². The standard InChI is InChI=1S/C18H16N5S.BrH/c1-13-14(2)24-17(19-13)23-21-18(20-22-23,15-9-5-3-6-10-15)16-11-7-4-8-12-16;/h3-12H,1-2H3;1H/q+1;/p-1. The number of halogens is 1. The lowest BCUT2D eigenvalue weighted by Gasteiger charge is -2.16. The zero-order valence-electron chi connectivity index (χ0n) is 13.8. The van der Waals surface area contributed by atoms with Crippen LogP contribution < -0.4 is 17.0 Å². The summed E-state index contributed by atoms with van der Waals surface area (Å²) < 4.78 is 0. The largest absolute Gasteiger partial charge is 1.00 e. The third kappa shape index (κ3) is 3.05. The maximum atomic E-state index is 4.83. The second-order valence-electron chi connectivity index (χ2n) is 5.62. The fourth-order valence-corrected chi connectivity index (χ4v) is 3.45. The topological polar surface area (TPSA) is 53.0 Å². The molecule has 0 aliphatic carbocycles. The number of aryl methyl sites for hydroxylation is 2. The van der Waals surface area contributed by atoms with Crippen LogP contribution in [0.3, 0.4) is 0 Å². The van der Waals surface area contributed by atoms with Gasteiger partial charge in [-0.1, -0.05) is 82.1 Å². The molecule has 0 bridgehead atoms. The number of aromatic nitrogens is 1. The van der Waals surface area contributed by atoms with Crippen LogP contribution in [-0.2, 0) is 5.66 Å². The van der Waals surface area contributed by atoms with Gasteiger partial charge in [0.25, 0.3) is 0 Å².